The third-order valence-corrected chi connectivity index (χ3v) is 1.43. The van der Waals surface area contributed by atoms with Crippen LogP contribution in [0.3, 0.4) is 0 Å². The highest BCUT2D eigenvalue weighted by Crippen LogP contribution is 2.05. The first kappa shape index (κ1) is 6.99. The Morgan fingerprint density at radius 1 is 1.56 bits per heavy atom. The zero-order chi connectivity index (χ0) is 6.85. The molecule has 0 aromatic carbocycles. The summed E-state index contributed by atoms with van der Waals surface area (Å²) in [7, 11) is 1.97. The van der Waals surface area contributed by atoms with E-state index in [0.29, 0.717) is 6.54 Å². The fourth-order valence-corrected chi connectivity index (χ4v) is 1.13. The van der Waals surface area contributed by atoms with E-state index >= 15 is 0 Å². The Hall–Kier alpha value is -0.120. The van der Waals surface area contributed by atoms with Crippen LogP contribution < -0.4 is 0 Å². The minimum Gasteiger partial charge on any atom is -0.367 e. The molecule has 1 heterocycles. The molecule has 0 aromatic rings. The number of nitrogens with zero attached hydrogens (tertiary/aromatic N) is 1. The van der Waals surface area contributed by atoms with Gasteiger partial charge in [0.15, 0.2) is 6.29 Å². The summed E-state index contributed by atoms with van der Waals surface area (Å²) < 4.78 is 5.07. The smallest absolute Gasteiger partial charge is 0.167 e. The first-order valence-electron chi connectivity index (χ1n) is 3.20. The topological polar surface area (TPSA) is 32.7 Å². The van der Waals surface area contributed by atoms with Crippen molar-refractivity contribution in [2.45, 2.75) is 19.3 Å². The number of aliphatic hydroxyl groups is 1. The monoisotopic (exact) mass is 131 g/mol. The highest BCUT2D eigenvalue weighted by atomic mass is 16.6. The maximum Gasteiger partial charge on any atom is 0.167 e. The number of aliphatic hydroxyl groups excluding tert-OH is 1. The van der Waals surface area contributed by atoms with Crippen LogP contribution in [0.4, 0.5) is 0 Å². The van der Waals surface area contributed by atoms with Gasteiger partial charge in [-0.2, -0.15) is 0 Å². The van der Waals surface area contributed by atoms with Gasteiger partial charge < -0.3 is 9.84 Å². The lowest BCUT2D eigenvalue weighted by Gasteiger charge is -2.31. The van der Waals surface area contributed by atoms with E-state index in [0.717, 1.165) is 6.54 Å². The summed E-state index contributed by atoms with van der Waals surface area (Å²) in [6.07, 6.45) is -0.419. The van der Waals surface area contributed by atoms with E-state index in [4.69, 9.17) is 9.84 Å². The van der Waals surface area contributed by atoms with Gasteiger partial charge >= 0.3 is 0 Å². The number of ether oxygens (including phenoxy) is 1. The molecule has 2 atom stereocenters. The third kappa shape index (κ3) is 1.93. The second kappa shape index (κ2) is 2.64. The average molecular weight is 131 g/mol. The van der Waals surface area contributed by atoms with Crippen LogP contribution in [0.2, 0.25) is 0 Å². The Bertz CT molecular complexity index is 72.0. The van der Waals surface area contributed by atoms with E-state index < -0.39 is 6.29 Å². The van der Waals surface area contributed by atoms with Crippen molar-refractivity contribution >= 4 is 0 Å². The lowest BCUT2D eigenvalue weighted by Crippen LogP contribution is -2.44. The second-order valence-electron chi connectivity index (χ2n) is 2.62. The molecule has 1 N–H and O–H groups in total. The van der Waals surface area contributed by atoms with Crippen LogP contribution in [0.15, 0.2) is 0 Å². The third-order valence-electron chi connectivity index (χ3n) is 1.43. The maximum atomic E-state index is 8.99. The Balaban J connectivity index is 2.34. The van der Waals surface area contributed by atoms with E-state index in [1.165, 1.54) is 0 Å². The summed E-state index contributed by atoms with van der Waals surface area (Å²) in [5, 5.41) is 8.99. The fourth-order valence-electron chi connectivity index (χ4n) is 1.13. The molecule has 0 aromatic heterocycles. The minimum atomic E-state index is -0.584. The van der Waals surface area contributed by atoms with Gasteiger partial charge in [-0.25, -0.2) is 0 Å². The van der Waals surface area contributed by atoms with Gasteiger partial charge in [0.2, 0.25) is 0 Å². The highest BCUT2D eigenvalue weighted by molar-refractivity contribution is 4.65. The summed E-state index contributed by atoms with van der Waals surface area (Å²) in [6.45, 7) is 3.50. The van der Waals surface area contributed by atoms with E-state index in [-0.39, 0.29) is 6.10 Å². The Morgan fingerprint density at radius 3 is 2.67 bits per heavy atom. The van der Waals surface area contributed by atoms with Crippen molar-refractivity contribution in [3.05, 3.63) is 0 Å². The SMILES string of the molecule is C[C@@H]1CN(C)CC(O)O1. The van der Waals surface area contributed by atoms with Crippen LogP contribution in [0.1, 0.15) is 6.92 Å². The van der Waals surface area contributed by atoms with Gasteiger partial charge in [0.25, 0.3) is 0 Å². The normalized spacial score (nSPS) is 39.0. The predicted octanol–water partition coefficient (Wildman–Crippen LogP) is -0.345. The van der Waals surface area contributed by atoms with Gasteiger partial charge in [-0.3, -0.25) is 4.90 Å². The van der Waals surface area contributed by atoms with Crippen LogP contribution in [0, 0.1) is 0 Å². The molecule has 0 aliphatic carbocycles. The van der Waals surface area contributed by atoms with Crippen LogP contribution >= 0.6 is 0 Å². The van der Waals surface area contributed by atoms with E-state index in [1.54, 1.807) is 0 Å². The zero-order valence-corrected chi connectivity index (χ0v) is 5.87. The first-order chi connectivity index (χ1) is 4.18. The highest BCUT2D eigenvalue weighted by Gasteiger charge is 2.19. The lowest BCUT2D eigenvalue weighted by molar-refractivity contribution is -0.173. The van der Waals surface area contributed by atoms with E-state index in [2.05, 4.69) is 4.90 Å². The second-order valence-corrected chi connectivity index (χ2v) is 2.62. The first-order valence-corrected chi connectivity index (χ1v) is 3.20. The molecule has 1 unspecified atom stereocenters. The number of hydrogen-bond acceptors (Lipinski definition) is 3. The van der Waals surface area contributed by atoms with Crippen molar-refractivity contribution in [3.8, 4) is 0 Å². The van der Waals surface area contributed by atoms with Crippen molar-refractivity contribution in [1.82, 2.24) is 4.90 Å². The van der Waals surface area contributed by atoms with Crippen molar-refractivity contribution in [2.24, 2.45) is 0 Å². The van der Waals surface area contributed by atoms with Crippen LogP contribution in [0.25, 0.3) is 0 Å². The van der Waals surface area contributed by atoms with Gasteiger partial charge in [-0.15, -0.1) is 0 Å². The van der Waals surface area contributed by atoms with Crippen LogP contribution in [0.5, 0.6) is 0 Å². The molecule has 1 saturated heterocycles. The predicted molar refractivity (Wildman–Crippen MR) is 34.1 cm³/mol. The van der Waals surface area contributed by atoms with Crippen molar-refractivity contribution < 1.29 is 9.84 Å². The Kier molecular flexibility index (Phi) is 2.05. The molecule has 1 aliphatic heterocycles. The zero-order valence-electron chi connectivity index (χ0n) is 5.87. The largest absolute Gasteiger partial charge is 0.367 e. The Morgan fingerprint density at radius 2 is 2.22 bits per heavy atom. The number of morpholine rings is 1. The molecule has 0 saturated carbocycles. The summed E-state index contributed by atoms with van der Waals surface area (Å²) >= 11 is 0. The fraction of sp³-hybridized carbons (Fsp3) is 1.00. The molecule has 3 nitrogen and oxygen atoms in total. The number of hydrogen-bond donors (Lipinski definition) is 1. The molecular weight excluding hydrogens is 118 g/mol. The molecule has 9 heavy (non-hydrogen) atoms. The average Bonchev–Trinajstić information content (AvgIpc) is 1.59. The van der Waals surface area contributed by atoms with Gasteiger partial charge in [0, 0.05) is 13.1 Å². The number of likely N-dealkylation sites (N-methyl/N-ethyl adjacent to an activating group) is 1. The van der Waals surface area contributed by atoms with Crippen LogP contribution in [-0.4, -0.2) is 42.5 Å². The molecule has 3 heteroatoms. The van der Waals surface area contributed by atoms with E-state index in [1.807, 2.05) is 14.0 Å². The summed E-state index contributed by atoms with van der Waals surface area (Å²) in [5.74, 6) is 0. The summed E-state index contributed by atoms with van der Waals surface area (Å²) in [5.41, 5.74) is 0. The molecule has 0 spiro atoms. The molecule has 1 fully saturated rings. The molecular formula is C6H13NO2. The minimum absolute atomic E-state index is 0.166. The summed E-state index contributed by atoms with van der Waals surface area (Å²) in [6, 6.07) is 0. The molecule has 1 rings (SSSR count). The molecule has 0 amide bonds. The van der Waals surface area contributed by atoms with Gasteiger partial charge in [0.05, 0.1) is 6.10 Å². The molecule has 1 aliphatic rings. The van der Waals surface area contributed by atoms with Crippen LogP contribution in [-0.2, 0) is 4.74 Å². The standard InChI is InChI=1S/C6H13NO2/c1-5-3-7(2)4-6(8)9-5/h5-6,8H,3-4H2,1-2H3/t5-,6?/m1/s1. The molecule has 0 bridgehead atoms. The number of rotatable bonds is 0. The van der Waals surface area contributed by atoms with Gasteiger partial charge in [-0.1, -0.05) is 0 Å². The van der Waals surface area contributed by atoms with Crippen molar-refractivity contribution in [3.63, 3.8) is 0 Å². The maximum absolute atomic E-state index is 8.99. The van der Waals surface area contributed by atoms with Crippen molar-refractivity contribution in [1.29, 1.82) is 0 Å². The lowest BCUT2D eigenvalue weighted by atomic mass is 10.3. The molecule has 0 radical (unpaired) electrons. The van der Waals surface area contributed by atoms with E-state index in [9.17, 15) is 0 Å². The summed E-state index contributed by atoms with van der Waals surface area (Å²) in [4.78, 5) is 2.05. The quantitative estimate of drug-likeness (QED) is 0.488. The Labute approximate surface area is 55.2 Å². The number of β-amino-alcohol motifs (C(OH)–C–C–N with tert-alkyl or cyclic N) is 1. The van der Waals surface area contributed by atoms with Gasteiger partial charge in [-0.05, 0) is 14.0 Å². The molecule has 54 valence electrons. The van der Waals surface area contributed by atoms with Crippen molar-refractivity contribution in [2.75, 3.05) is 20.1 Å². The van der Waals surface area contributed by atoms with Gasteiger partial charge in [0.1, 0.15) is 0 Å².